The van der Waals surface area contributed by atoms with Crippen molar-refractivity contribution in [1.82, 2.24) is 0 Å². The first-order chi connectivity index (χ1) is 9.72. The van der Waals surface area contributed by atoms with E-state index < -0.39 is 0 Å². The second kappa shape index (κ2) is 14.6. The molecule has 0 atom stereocenters. The fourth-order valence-corrected chi connectivity index (χ4v) is 2.13. The van der Waals surface area contributed by atoms with E-state index in [1.54, 1.807) is 0 Å². The standard InChI is InChI=1S/C18H34O2/c1-4-6-8-10-11-13-15-17(3)18(19)20-16-14-12-9-7-5-2/h15H,4-14,16H2,1-3H3/b17-15+. The van der Waals surface area contributed by atoms with Crippen LogP contribution in [-0.4, -0.2) is 12.6 Å². The fourth-order valence-electron chi connectivity index (χ4n) is 2.13. The van der Waals surface area contributed by atoms with Gasteiger partial charge < -0.3 is 4.74 Å². The van der Waals surface area contributed by atoms with Crippen LogP contribution in [-0.2, 0) is 9.53 Å². The van der Waals surface area contributed by atoms with Gasteiger partial charge in [0.2, 0.25) is 0 Å². The highest BCUT2D eigenvalue weighted by atomic mass is 16.5. The molecule has 0 fully saturated rings. The van der Waals surface area contributed by atoms with Gasteiger partial charge in [0.1, 0.15) is 0 Å². The summed E-state index contributed by atoms with van der Waals surface area (Å²) in [7, 11) is 0. The molecule has 0 rings (SSSR count). The molecule has 0 bridgehead atoms. The number of carbonyl (C=O) groups is 1. The maximum atomic E-state index is 11.7. The maximum absolute atomic E-state index is 11.7. The van der Waals surface area contributed by atoms with Crippen molar-refractivity contribution in [1.29, 1.82) is 0 Å². The molecule has 118 valence electrons. The van der Waals surface area contributed by atoms with E-state index in [-0.39, 0.29) is 5.97 Å². The number of hydrogen-bond acceptors (Lipinski definition) is 2. The summed E-state index contributed by atoms with van der Waals surface area (Å²) in [6.45, 7) is 6.87. The molecule has 0 spiro atoms. The van der Waals surface area contributed by atoms with Crippen molar-refractivity contribution in [3.05, 3.63) is 11.6 Å². The second-order valence-electron chi connectivity index (χ2n) is 5.64. The van der Waals surface area contributed by atoms with Gasteiger partial charge in [-0.2, -0.15) is 0 Å². The summed E-state index contributed by atoms with van der Waals surface area (Å²) in [6, 6.07) is 0. The van der Waals surface area contributed by atoms with Crippen molar-refractivity contribution in [3.8, 4) is 0 Å². The Morgan fingerprint density at radius 3 is 2.00 bits per heavy atom. The summed E-state index contributed by atoms with van der Waals surface area (Å²) < 4.78 is 5.27. The van der Waals surface area contributed by atoms with E-state index in [4.69, 9.17) is 4.74 Å². The molecule has 0 aliphatic carbocycles. The Morgan fingerprint density at radius 1 is 0.850 bits per heavy atom. The molecular weight excluding hydrogens is 248 g/mol. The monoisotopic (exact) mass is 282 g/mol. The average molecular weight is 282 g/mol. The third-order valence-corrected chi connectivity index (χ3v) is 3.56. The lowest BCUT2D eigenvalue weighted by Gasteiger charge is -2.05. The number of allylic oxidation sites excluding steroid dienone is 1. The van der Waals surface area contributed by atoms with Crippen molar-refractivity contribution in [2.24, 2.45) is 0 Å². The van der Waals surface area contributed by atoms with E-state index in [0.717, 1.165) is 18.4 Å². The van der Waals surface area contributed by atoms with Gasteiger partial charge in [0.05, 0.1) is 6.61 Å². The minimum absolute atomic E-state index is 0.131. The summed E-state index contributed by atoms with van der Waals surface area (Å²) in [5, 5.41) is 0. The quantitative estimate of drug-likeness (QED) is 0.242. The van der Waals surface area contributed by atoms with Crippen LogP contribution in [0, 0.1) is 0 Å². The van der Waals surface area contributed by atoms with Gasteiger partial charge >= 0.3 is 5.97 Å². The lowest BCUT2D eigenvalue weighted by atomic mass is 10.1. The lowest BCUT2D eigenvalue weighted by molar-refractivity contribution is -0.139. The van der Waals surface area contributed by atoms with Crippen LogP contribution in [0.3, 0.4) is 0 Å². The van der Waals surface area contributed by atoms with Crippen molar-refractivity contribution in [3.63, 3.8) is 0 Å². The van der Waals surface area contributed by atoms with E-state index in [1.165, 1.54) is 57.8 Å². The van der Waals surface area contributed by atoms with Crippen LogP contribution in [0.1, 0.15) is 91.4 Å². The zero-order valence-corrected chi connectivity index (χ0v) is 13.9. The van der Waals surface area contributed by atoms with E-state index in [2.05, 4.69) is 13.8 Å². The second-order valence-corrected chi connectivity index (χ2v) is 5.64. The van der Waals surface area contributed by atoms with Gasteiger partial charge in [0.15, 0.2) is 0 Å². The minimum atomic E-state index is -0.131. The SMILES string of the molecule is CCCCCCC/C=C(\C)C(=O)OCCCCCCC. The molecule has 0 aliphatic heterocycles. The Morgan fingerprint density at radius 2 is 1.40 bits per heavy atom. The largest absolute Gasteiger partial charge is 0.462 e. The molecule has 2 heteroatoms. The van der Waals surface area contributed by atoms with Crippen molar-refractivity contribution >= 4 is 5.97 Å². The van der Waals surface area contributed by atoms with E-state index in [9.17, 15) is 4.79 Å². The Hall–Kier alpha value is -0.790. The smallest absolute Gasteiger partial charge is 0.333 e. The van der Waals surface area contributed by atoms with E-state index in [0.29, 0.717) is 6.61 Å². The van der Waals surface area contributed by atoms with Crippen molar-refractivity contribution in [2.75, 3.05) is 6.61 Å². The molecule has 0 aliphatic rings. The Bertz CT molecular complexity index is 256. The summed E-state index contributed by atoms with van der Waals surface area (Å²) in [4.78, 5) is 11.7. The molecule has 0 amide bonds. The maximum Gasteiger partial charge on any atom is 0.333 e. The van der Waals surface area contributed by atoms with Crippen LogP contribution in [0.25, 0.3) is 0 Å². The summed E-state index contributed by atoms with van der Waals surface area (Å²) in [5.41, 5.74) is 0.772. The third kappa shape index (κ3) is 12.3. The molecule has 0 aromatic heterocycles. The number of rotatable bonds is 13. The first-order valence-electron chi connectivity index (χ1n) is 8.56. The number of esters is 1. The van der Waals surface area contributed by atoms with E-state index in [1.807, 2.05) is 13.0 Å². The first kappa shape index (κ1) is 19.2. The van der Waals surface area contributed by atoms with Gasteiger partial charge in [-0.1, -0.05) is 71.3 Å². The van der Waals surface area contributed by atoms with Gasteiger partial charge in [-0.15, -0.1) is 0 Å². The normalized spacial score (nSPS) is 11.7. The number of unbranched alkanes of at least 4 members (excludes halogenated alkanes) is 9. The molecule has 0 saturated carbocycles. The molecule has 20 heavy (non-hydrogen) atoms. The Kier molecular flexibility index (Phi) is 14.0. The molecule has 0 unspecified atom stereocenters. The molecule has 0 saturated heterocycles. The van der Waals surface area contributed by atoms with Gasteiger partial charge in [-0.25, -0.2) is 4.79 Å². The minimum Gasteiger partial charge on any atom is -0.462 e. The van der Waals surface area contributed by atoms with Crippen LogP contribution < -0.4 is 0 Å². The van der Waals surface area contributed by atoms with E-state index >= 15 is 0 Å². The van der Waals surface area contributed by atoms with Crippen molar-refractivity contribution in [2.45, 2.75) is 91.4 Å². The number of ether oxygens (including phenoxy) is 1. The zero-order valence-electron chi connectivity index (χ0n) is 13.9. The Labute approximate surface area is 126 Å². The van der Waals surface area contributed by atoms with Gasteiger partial charge in [0.25, 0.3) is 0 Å². The van der Waals surface area contributed by atoms with Crippen LogP contribution in [0.2, 0.25) is 0 Å². The van der Waals surface area contributed by atoms with Gasteiger partial charge in [-0.3, -0.25) is 0 Å². The van der Waals surface area contributed by atoms with Crippen LogP contribution in [0.4, 0.5) is 0 Å². The highest BCUT2D eigenvalue weighted by molar-refractivity contribution is 5.87. The highest BCUT2D eigenvalue weighted by Crippen LogP contribution is 2.08. The molecule has 0 radical (unpaired) electrons. The van der Waals surface area contributed by atoms with Crippen LogP contribution in [0.15, 0.2) is 11.6 Å². The topological polar surface area (TPSA) is 26.3 Å². The predicted octanol–water partition coefficient (Wildman–Crippen LogP) is 5.81. The highest BCUT2D eigenvalue weighted by Gasteiger charge is 2.04. The fraction of sp³-hybridized carbons (Fsp3) is 0.833. The number of hydrogen-bond donors (Lipinski definition) is 0. The summed E-state index contributed by atoms with van der Waals surface area (Å²) >= 11 is 0. The summed E-state index contributed by atoms with van der Waals surface area (Å²) in [5.74, 6) is -0.131. The van der Waals surface area contributed by atoms with Crippen molar-refractivity contribution < 1.29 is 9.53 Å². The third-order valence-electron chi connectivity index (χ3n) is 3.56. The zero-order chi connectivity index (χ0) is 15.1. The average Bonchev–Trinajstić information content (AvgIpc) is 2.45. The molecule has 0 aromatic carbocycles. The van der Waals surface area contributed by atoms with Crippen LogP contribution in [0.5, 0.6) is 0 Å². The van der Waals surface area contributed by atoms with Gasteiger partial charge in [0, 0.05) is 5.57 Å². The molecule has 0 aromatic rings. The molecule has 2 nitrogen and oxygen atoms in total. The number of carbonyl (C=O) groups excluding carboxylic acids is 1. The predicted molar refractivity (Wildman–Crippen MR) is 86.9 cm³/mol. The molecule has 0 heterocycles. The van der Waals surface area contributed by atoms with Crippen LogP contribution >= 0.6 is 0 Å². The van der Waals surface area contributed by atoms with Gasteiger partial charge in [-0.05, 0) is 26.2 Å². The molecule has 0 N–H and O–H groups in total. The summed E-state index contributed by atoms with van der Waals surface area (Å²) in [6.07, 6.45) is 15.3. The first-order valence-corrected chi connectivity index (χ1v) is 8.56. The lowest BCUT2D eigenvalue weighted by Crippen LogP contribution is -2.07. The Balaban J connectivity index is 3.54. The molecular formula is C18H34O2.